The second kappa shape index (κ2) is 11.3. The highest BCUT2D eigenvalue weighted by Crippen LogP contribution is 2.40. The van der Waals surface area contributed by atoms with Crippen molar-refractivity contribution in [1.82, 2.24) is 30.2 Å². The number of amides is 2. The second-order valence-electron chi connectivity index (χ2n) is 11.9. The number of alkyl halides is 3. The van der Waals surface area contributed by atoms with Crippen LogP contribution in [0.2, 0.25) is 0 Å². The Morgan fingerprint density at radius 3 is 2.52 bits per heavy atom. The molecule has 1 aromatic carbocycles. The molecule has 5 rings (SSSR count). The van der Waals surface area contributed by atoms with Crippen LogP contribution in [0.5, 0.6) is 11.6 Å². The van der Waals surface area contributed by atoms with Gasteiger partial charge in [0.1, 0.15) is 17.8 Å². The van der Waals surface area contributed by atoms with E-state index in [4.69, 9.17) is 4.74 Å². The van der Waals surface area contributed by atoms with Gasteiger partial charge in [0.2, 0.25) is 17.7 Å². The van der Waals surface area contributed by atoms with Gasteiger partial charge < -0.3 is 20.1 Å². The first-order chi connectivity index (χ1) is 19.8. The van der Waals surface area contributed by atoms with Crippen LogP contribution in [0.15, 0.2) is 48.8 Å². The minimum absolute atomic E-state index is 0.0146. The van der Waals surface area contributed by atoms with E-state index in [0.29, 0.717) is 11.5 Å². The van der Waals surface area contributed by atoms with Gasteiger partial charge in [0, 0.05) is 43.9 Å². The predicted octanol–water partition coefficient (Wildman–Crippen LogP) is 4.23. The largest absolute Gasteiger partial charge is 0.438 e. The van der Waals surface area contributed by atoms with Crippen molar-refractivity contribution in [3.63, 3.8) is 0 Å². The van der Waals surface area contributed by atoms with Crippen LogP contribution in [0.25, 0.3) is 0 Å². The van der Waals surface area contributed by atoms with Gasteiger partial charge in [-0.05, 0) is 36.0 Å². The molecule has 0 bridgehead atoms. The fraction of sp³-hybridized carbons (Fsp3) is 0.483. The molecule has 2 amide bonds. The van der Waals surface area contributed by atoms with Gasteiger partial charge in [0.25, 0.3) is 0 Å². The molecule has 3 atom stereocenters. The van der Waals surface area contributed by atoms with E-state index in [9.17, 15) is 27.9 Å². The van der Waals surface area contributed by atoms with Gasteiger partial charge in [-0.15, -0.1) is 5.10 Å². The lowest BCUT2D eigenvalue weighted by molar-refractivity contribution is -0.144. The molecule has 2 aromatic heterocycles. The van der Waals surface area contributed by atoms with Crippen molar-refractivity contribution in [3.05, 3.63) is 65.6 Å². The number of ether oxygens (including phenoxy) is 1. The van der Waals surface area contributed by atoms with E-state index in [-0.39, 0.29) is 37.0 Å². The van der Waals surface area contributed by atoms with Crippen LogP contribution in [-0.2, 0) is 22.3 Å². The quantitative estimate of drug-likeness (QED) is 0.405. The Bertz CT molecular complexity index is 1430. The zero-order chi connectivity index (χ0) is 30.2. The zero-order valence-corrected chi connectivity index (χ0v) is 23.5. The number of carbonyl (C=O) groups is 2. The normalized spacial score (nSPS) is 19.9. The van der Waals surface area contributed by atoms with E-state index in [1.54, 1.807) is 16.9 Å². The molecular formula is C29H33F3N6O4. The lowest BCUT2D eigenvalue weighted by Gasteiger charge is -2.34. The summed E-state index contributed by atoms with van der Waals surface area (Å²) < 4.78 is 46.7. The van der Waals surface area contributed by atoms with Crippen LogP contribution in [0.3, 0.4) is 0 Å². The Balaban J connectivity index is 1.24. The molecule has 0 spiro atoms. The third kappa shape index (κ3) is 6.56. The number of hydrogen-bond donors (Lipinski definition) is 2. The number of pyridine rings is 1. The van der Waals surface area contributed by atoms with Gasteiger partial charge in [0.05, 0.1) is 17.4 Å². The van der Waals surface area contributed by atoms with Crippen molar-refractivity contribution in [2.45, 2.75) is 76.9 Å². The Morgan fingerprint density at radius 1 is 1.14 bits per heavy atom. The van der Waals surface area contributed by atoms with Crippen LogP contribution >= 0.6 is 0 Å². The molecule has 2 aliphatic rings. The molecule has 1 aliphatic heterocycles. The maximum atomic E-state index is 13.8. The van der Waals surface area contributed by atoms with E-state index in [1.807, 2.05) is 20.8 Å². The molecule has 0 unspecified atom stereocenters. The molecule has 3 aromatic rings. The summed E-state index contributed by atoms with van der Waals surface area (Å²) in [5, 5.41) is 21.7. The summed E-state index contributed by atoms with van der Waals surface area (Å²) in [6.45, 7) is 5.81. The van der Waals surface area contributed by atoms with Gasteiger partial charge in [0.15, 0.2) is 0 Å². The number of nitrogens with one attached hydrogen (secondary N) is 1. The first-order valence-electron chi connectivity index (χ1n) is 13.8. The Kier molecular flexibility index (Phi) is 7.97. The highest BCUT2D eigenvalue weighted by molar-refractivity contribution is 5.90. The first kappa shape index (κ1) is 29.5. The Morgan fingerprint density at radius 2 is 1.88 bits per heavy atom. The number of aliphatic hydroxyl groups excluding tert-OH is 1. The van der Waals surface area contributed by atoms with Gasteiger partial charge in [-0.25, -0.2) is 9.67 Å². The molecule has 1 aliphatic carbocycles. The van der Waals surface area contributed by atoms with Gasteiger partial charge >= 0.3 is 6.18 Å². The fourth-order valence-corrected chi connectivity index (χ4v) is 5.11. The number of rotatable bonds is 8. The molecule has 3 heterocycles. The number of para-hydroxylation sites is 1. The Labute approximate surface area is 240 Å². The average Bonchev–Trinajstić information content (AvgIpc) is 3.53. The summed E-state index contributed by atoms with van der Waals surface area (Å²) in [5.41, 5.74) is -0.0423. The third-order valence-electron chi connectivity index (χ3n) is 7.38. The van der Waals surface area contributed by atoms with Crippen LogP contribution in [0, 0.1) is 5.41 Å². The summed E-state index contributed by atoms with van der Waals surface area (Å²) in [6, 6.07) is 6.21. The molecule has 10 nitrogen and oxygen atoms in total. The summed E-state index contributed by atoms with van der Waals surface area (Å²) in [4.78, 5) is 32.5. The molecule has 224 valence electrons. The van der Waals surface area contributed by atoms with Crippen LogP contribution in [-0.4, -0.2) is 60.5 Å². The molecular weight excluding hydrogens is 553 g/mol. The highest BCUT2D eigenvalue weighted by Gasteiger charge is 2.45. The smallest absolute Gasteiger partial charge is 0.419 e. The van der Waals surface area contributed by atoms with E-state index < -0.39 is 41.2 Å². The van der Waals surface area contributed by atoms with Crippen molar-refractivity contribution < 1.29 is 32.6 Å². The minimum Gasteiger partial charge on any atom is -0.438 e. The molecule has 0 radical (unpaired) electrons. The monoisotopic (exact) mass is 586 g/mol. The summed E-state index contributed by atoms with van der Waals surface area (Å²) in [5.74, 6) is -0.805. The minimum atomic E-state index is -4.58. The number of aliphatic hydroxyl groups is 1. The van der Waals surface area contributed by atoms with Gasteiger partial charge in [-0.1, -0.05) is 44.2 Å². The number of β-amino-alcohol motifs (C(OH)–C–C–N with tert-alkyl or cyclic N) is 1. The van der Waals surface area contributed by atoms with Crippen LogP contribution in [0.1, 0.15) is 68.8 Å². The summed E-state index contributed by atoms with van der Waals surface area (Å²) in [7, 11) is 0. The fourth-order valence-electron chi connectivity index (χ4n) is 5.11. The number of benzene rings is 1. The first-order valence-corrected chi connectivity index (χ1v) is 13.8. The standard InChI is InChI=1S/C29H33F3N6O4/c1-28(2,3)25(38-16-21(35-36-38)18-9-10-18)27(41)37-15-19(39)12-22(37)26(40)34-14-17-8-11-24(33-13-17)42-23-7-5-4-6-20(23)29(30,31)32/h4-8,11,13,16,18-19,22,25,39H,9-10,12,14-15H2,1-3H3,(H,34,40)/t19-,22+,25-/m1/s1. The number of carbonyl (C=O) groups excluding carboxylic acids is 2. The predicted molar refractivity (Wildman–Crippen MR) is 144 cm³/mol. The maximum Gasteiger partial charge on any atom is 0.419 e. The SMILES string of the molecule is CC(C)(C)[C@@H](C(=O)N1C[C@H](O)C[C@H]1C(=O)NCc1ccc(Oc2ccccc2C(F)(F)F)nc1)n1cc(C2CC2)nn1. The Hall–Kier alpha value is -4.00. The van der Waals surface area contributed by atoms with Gasteiger partial charge in [-0.3, -0.25) is 9.59 Å². The van der Waals surface area contributed by atoms with Crippen molar-refractivity contribution in [2.75, 3.05) is 6.54 Å². The average molecular weight is 587 g/mol. The lowest BCUT2D eigenvalue weighted by atomic mass is 9.85. The van der Waals surface area contributed by atoms with Crippen molar-refractivity contribution in [2.24, 2.45) is 5.41 Å². The third-order valence-corrected chi connectivity index (χ3v) is 7.38. The van der Waals surface area contributed by atoms with Crippen molar-refractivity contribution in [1.29, 1.82) is 0 Å². The molecule has 2 N–H and O–H groups in total. The van der Waals surface area contributed by atoms with Crippen LogP contribution < -0.4 is 10.1 Å². The number of aromatic nitrogens is 4. The number of hydrogen-bond acceptors (Lipinski definition) is 7. The summed E-state index contributed by atoms with van der Waals surface area (Å²) in [6.07, 6.45) is -0.0738. The molecule has 42 heavy (non-hydrogen) atoms. The number of likely N-dealkylation sites (tertiary alicyclic amines) is 1. The number of nitrogens with zero attached hydrogens (tertiary/aromatic N) is 5. The van der Waals surface area contributed by atoms with Gasteiger partial charge in [-0.2, -0.15) is 13.2 Å². The number of halogens is 3. The zero-order valence-electron chi connectivity index (χ0n) is 23.5. The van der Waals surface area contributed by atoms with E-state index in [2.05, 4.69) is 20.6 Å². The second-order valence-corrected chi connectivity index (χ2v) is 11.9. The molecule has 1 saturated heterocycles. The molecule has 2 fully saturated rings. The van der Waals surface area contributed by atoms with Crippen molar-refractivity contribution in [3.8, 4) is 11.6 Å². The van der Waals surface area contributed by atoms with Crippen molar-refractivity contribution >= 4 is 11.8 Å². The van der Waals surface area contributed by atoms with E-state index in [0.717, 1.165) is 24.6 Å². The lowest BCUT2D eigenvalue weighted by Crippen LogP contribution is -2.50. The topological polar surface area (TPSA) is 122 Å². The van der Waals surface area contributed by atoms with E-state index >= 15 is 0 Å². The molecule has 1 saturated carbocycles. The summed E-state index contributed by atoms with van der Waals surface area (Å²) >= 11 is 0. The van der Waals surface area contributed by atoms with Crippen LogP contribution in [0.4, 0.5) is 13.2 Å². The van der Waals surface area contributed by atoms with E-state index in [1.165, 1.54) is 35.4 Å². The highest BCUT2D eigenvalue weighted by atomic mass is 19.4. The molecule has 13 heteroatoms. The maximum absolute atomic E-state index is 13.8.